The molecule has 2 heterocycles. The van der Waals surface area contributed by atoms with Crippen molar-refractivity contribution < 1.29 is 14.7 Å². The van der Waals surface area contributed by atoms with E-state index >= 15 is 0 Å². The maximum absolute atomic E-state index is 12.3. The van der Waals surface area contributed by atoms with Crippen LogP contribution in [0.5, 0.6) is 0 Å². The monoisotopic (exact) mass is 315 g/mol. The summed E-state index contributed by atoms with van der Waals surface area (Å²) in [4.78, 5) is 26.6. The predicted molar refractivity (Wildman–Crippen MR) is 87.0 cm³/mol. The number of fused-ring (bicyclic) bond motifs is 1. The number of carboxylic acid groups (broad SMARTS) is 1. The van der Waals surface area contributed by atoms with Gasteiger partial charge in [0.2, 0.25) is 5.91 Å². The molecule has 1 aliphatic heterocycles. The molecule has 0 spiro atoms. The average Bonchev–Trinajstić information content (AvgIpc) is 2.88. The van der Waals surface area contributed by atoms with Crippen LogP contribution in [-0.4, -0.2) is 57.0 Å². The molecule has 0 saturated carbocycles. The van der Waals surface area contributed by atoms with Gasteiger partial charge in [0, 0.05) is 38.4 Å². The molecule has 0 bridgehead atoms. The smallest absolute Gasteiger partial charge is 0.323 e. The minimum atomic E-state index is -0.965. The maximum Gasteiger partial charge on any atom is 0.323 e. The number of amides is 1. The molecule has 3 rings (SSSR count). The molecule has 1 aromatic carbocycles. The topological polar surface area (TPSA) is 65.8 Å². The summed E-state index contributed by atoms with van der Waals surface area (Å²) in [5.41, 5.74) is 2.33. The first-order chi connectivity index (χ1) is 11.0. The zero-order valence-electron chi connectivity index (χ0n) is 13.4. The van der Waals surface area contributed by atoms with Gasteiger partial charge in [-0.15, -0.1) is 0 Å². The van der Waals surface area contributed by atoms with Gasteiger partial charge < -0.3 is 14.6 Å². The number of piperazine rings is 1. The van der Waals surface area contributed by atoms with E-state index < -0.39 is 5.97 Å². The molecule has 1 atom stereocenters. The van der Waals surface area contributed by atoms with Crippen molar-refractivity contribution >= 4 is 22.8 Å². The summed E-state index contributed by atoms with van der Waals surface area (Å²) in [5.74, 6) is -1.08. The van der Waals surface area contributed by atoms with E-state index in [1.807, 2.05) is 20.2 Å². The number of hydrogen-bond acceptors (Lipinski definition) is 3. The fourth-order valence-electron chi connectivity index (χ4n) is 3.15. The summed E-state index contributed by atoms with van der Waals surface area (Å²) in [7, 11) is 2.02. The zero-order chi connectivity index (χ0) is 16.6. The molecule has 1 aromatic heterocycles. The first-order valence-corrected chi connectivity index (χ1v) is 7.74. The lowest BCUT2D eigenvalue weighted by atomic mass is 10.1. The lowest BCUT2D eigenvalue weighted by Gasteiger charge is -2.38. The van der Waals surface area contributed by atoms with Gasteiger partial charge in [0.1, 0.15) is 6.54 Å². The van der Waals surface area contributed by atoms with Crippen LogP contribution >= 0.6 is 0 Å². The highest BCUT2D eigenvalue weighted by Gasteiger charge is 2.32. The summed E-state index contributed by atoms with van der Waals surface area (Å²) < 4.78 is 2.08. The number of carbonyl (C=O) groups is 2. The number of carbonyl (C=O) groups excluding carboxylic acids is 1. The fraction of sp³-hybridized carbons (Fsp3) is 0.412. The van der Waals surface area contributed by atoms with Crippen molar-refractivity contribution in [3.8, 4) is 0 Å². The van der Waals surface area contributed by atoms with Crippen molar-refractivity contribution in [1.29, 1.82) is 0 Å². The molecule has 1 saturated heterocycles. The van der Waals surface area contributed by atoms with Crippen LogP contribution in [0.4, 0.5) is 0 Å². The van der Waals surface area contributed by atoms with Crippen LogP contribution in [0.25, 0.3) is 10.9 Å². The third kappa shape index (κ3) is 3.07. The molecule has 6 heteroatoms. The van der Waals surface area contributed by atoms with Gasteiger partial charge in [-0.2, -0.15) is 0 Å². The Morgan fingerprint density at radius 3 is 2.83 bits per heavy atom. The summed E-state index contributed by atoms with van der Waals surface area (Å²) in [6.45, 7) is 3.46. The van der Waals surface area contributed by atoms with Gasteiger partial charge in [-0.05, 0) is 30.0 Å². The van der Waals surface area contributed by atoms with Crippen LogP contribution in [0.1, 0.15) is 12.5 Å². The highest BCUT2D eigenvalue weighted by molar-refractivity contribution is 5.85. The summed E-state index contributed by atoms with van der Waals surface area (Å²) in [5, 5.41) is 10.1. The standard InChI is InChI=1S/C17H21N3O3/c1-12-17(23)20(11-16(21)22)8-7-19(12)10-13-3-4-14-5-6-18(2)15(14)9-13/h3-6,9,12H,7-8,10-11H2,1-2H3,(H,21,22). The van der Waals surface area contributed by atoms with Gasteiger partial charge in [-0.3, -0.25) is 14.5 Å². The van der Waals surface area contributed by atoms with Gasteiger partial charge in [0.15, 0.2) is 0 Å². The minimum Gasteiger partial charge on any atom is -0.480 e. The van der Waals surface area contributed by atoms with Crippen molar-refractivity contribution in [3.05, 3.63) is 36.0 Å². The van der Waals surface area contributed by atoms with Crippen LogP contribution in [-0.2, 0) is 23.2 Å². The second-order valence-corrected chi connectivity index (χ2v) is 6.12. The Bertz CT molecular complexity index is 753. The van der Waals surface area contributed by atoms with Gasteiger partial charge in [0.05, 0.1) is 6.04 Å². The predicted octanol–water partition coefficient (Wildman–Crippen LogP) is 1.30. The fourth-order valence-corrected chi connectivity index (χ4v) is 3.15. The Hall–Kier alpha value is -2.34. The van der Waals surface area contributed by atoms with Crippen molar-refractivity contribution in [2.24, 2.45) is 7.05 Å². The van der Waals surface area contributed by atoms with Crippen LogP contribution in [0.15, 0.2) is 30.5 Å². The SMILES string of the molecule is CC1C(=O)N(CC(=O)O)CCN1Cc1ccc2ccn(C)c2c1. The summed E-state index contributed by atoms with van der Waals surface area (Å²) in [6, 6.07) is 8.11. The van der Waals surface area contributed by atoms with Crippen LogP contribution < -0.4 is 0 Å². The second-order valence-electron chi connectivity index (χ2n) is 6.12. The summed E-state index contributed by atoms with van der Waals surface area (Å²) >= 11 is 0. The van der Waals surface area contributed by atoms with Crippen molar-refractivity contribution in [3.63, 3.8) is 0 Å². The average molecular weight is 315 g/mol. The molecule has 122 valence electrons. The normalized spacial score (nSPS) is 19.5. The molecule has 0 aliphatic carbocycles. The lowest BCUT2D eigenvalue weighted by Crippen LogP contribution is -2.56. The largest absolute Gasteiger partial charge is 0.480 e. The van der Waals surface area contributed by atoms with Gasteiger partial charge in [-0.25, -0.2) is 0 Å². The number of nitrogens with zero attached hydrogens (tertiary/aromatic N) is 3. The molecule has 1 amide bonds. The van der Waals surface area contributed by atoms with E-state index in [2.05, 4.69) is 33.7 Å². The Morgan fingerprint density at radius 1 is 1.30 bits per heavy atom. The molecule has 1 N–H and O–H groups in total. The number of aromatic nitrogens is 1. The number of benzene rings is 1. The Kier molecular flexibility index (Phi) is 4.09. The highest BCUT2D eigenvalue weighted by Crippen LogP contribution is 2.20. The lowest BCUT2D eigenvalue weighted by molar-refractivity contribution is -0.150. The highest BCUT2D eigenvalue weighted by atomic mass is 16.4. The van der Waals surface area contributed by atoms with Crippen molar-refractivity contribution in [2.45, 2.75) is 19.5 Å². The molecule has 1 fully saturated rings. The van der Waals surface area contributed by atoms with E-state index in [1.165, 1.54) is 15.8 Å². The van der Waals surface area contributed by atoms with E-state index in [4.69, 9.17) is 5.11 Å². The third-order valence-corrected chi connectivity index (χ3v) is 4.54. The number of aliphatic carboxylic acids is 1. The van der Waals surface area contributed by atoms with E-state index in [0.717, 1.165) is 5.56 Å². The maximum atomic E-state index is 12.3. The Balaban J connectivity index is 1.73. The van der Waals surface area contributed by atoms with Gasteiger partial charge in [-0.1, -0.05) is 12.1 Å². The molecule has 1 unspecified atom stereocenters. The third-order valence-electron chi connectivity index (χ3n) is 4.54. The zero-order valence-corrected chi connectivity index (χ0v) is 13.4. The molecule has 23 heavy (non-hydrogen) atoms. The molecule has 2 aromatic rings. The molecule has 6 nitrogen and oxygen atoms in total. The van der Waals surface area contributed by atoms with Gasteiger partial charge in [0.25, 0.3) is 0 Å². The number of carboxylic acids is 1. The minimum absolute atomic E-state index is 0.112. The molecule has 0 radical (unpaired) electrons. The van der Waals surface area contributed by atoms with Crippen molar-refractivity contribution in [2.75, 3.05) is 19.6 Å². The number of hydrogen-bond donors (Lipinski definition) is 1. The molecular formula is C17H21N3O3. The number of rotatable bonds is 4. The Morgan fingerprint density at radius 2 is 2.09 bits per heavy atom. The second kappa shape index (κ2) is 6.04. The number of aryl methyl sites for hydroxylation is 1. The first-order valence-electron chi connectivity index (χ1n) is 7.74. The molecular weight excluding hydrogens is 294 g/mol. The van der Waals surface area contributed by atoms with E-state index in [-0.39, 0.29) is 18.5 Å². The summed E-state index contributed by atoms with van der Waals surface area (Å²) in [6.07, 6.45) is 2.03. The molecule has 1 aliphatic rings. The van der Waals surface area contributed by atoms with Crippen LogP contribution in [0, 0.1) is 0 Å². The van der Waals surface area contributed by atoms with Crippen molar-refractivity contribution in [1.82, 2.24) is 14.4 Å². The van der Waals surface area contributed by atoms with Crippen LogP contribution in [0.3, 0.4) is 0 Å². The van der Waals surface area contributed by atoms with E-state index in [0.29, 0.717) is 19.6 Å². The quantitative estimate of drug-likeness (QED) is 0.923. The van der Waals surface area contributed by atoms with Gasteiger partial charge >= 0.3 is 5.97 Å². The first kappa shape index (κ1) is 15.6. The van der Waals surface area contributed by atoms with Crippen LogP contribution in [0.2, 0.25) is 0 Å². The Labute approximate surface area is 134 Å². The van der Waals surface area contributed by atoms with E-state index in [1.54, 1.807) is 0 Å². The van der Waals surface area contributed by atoms with E-state index in [9.17, 15) is 9.59 Å².